The fourth-order valence-electron chi connectivity index (χ4n) is 7.91. The number of ether oxygens (including phenoxy) is 2. The van der Waals surface area contributed by atoms with Crippen LogP contribution in [0.4, 0.5) is 0 Å². The van der Waals surface area contributed by atoms with E-state index in [2.05, 4.69) is 13.8 Å². The highest BCUT2D eigenvalue weighted by atomic mass is 31.2. The molecular formula is C49H90NO11P. The van der Waals surface area contributed by atoms with E-state index in [0.717, 1.165) is 38.5 Å². The van der Waals surface area contributed by atoms with Gasteiger partial charge in [0.05, 0.1) is 25.4 Å². The van der Waals surface area contributed by atoms with Crippen LogP contribution >= 0.6 is 7.82 Å². The second kappa shape index (κ2) is 39.4. The first-order valence-electron chi connectivity index (χ1n) is 24.9. The van der Waals surface area contributed by atoms with E-state index >= 15 is 0 Å². The summed E-state index contributed by atoms with van der Waals surface area (Å²) < 4.78 is 32.8. The molecule has 362 valence electrons. The van der Waals surface area contributed by atoms with Crippen LogP contribution < -0.4 is 5.73 Å². The normalized spacial score (nSPS) is 18.7. The number of aliphatic hydroxyl groups excluding tert-OH is 2. The molecule has 6 atom stereocenters. The van der Waals surface area contributed by atoms with Crippen molar-refractivity contribution in [3.8, 4) is 0 Å². The molecule has 0 aromatic heterocycles. The Morgan fingerprint density at radius 1 is 0.726 bits per heavy atom. The average Bonchev–Trinajstić information content (AvgIpc) is 3.52. The number of unbranched alkanes of at least 4 members (excludes halogenated alkanes) is 23. The van der Waals surface area contributed by atoms with Gasteiger partial charge in [-0.2, -0.15) is 0 Å². The number of esters is 2. The summed E-state index contributed by atoms with van der Waals surface area (Å²) >= 11 is 0. The third-order valence-corrected chi connectivity index (χ3v) is 12.7. The van der Waals surface area contributed by atoms with Crippen LogP contribution in [0, 0.1) is 11.8 Å². The first-order valence-corrected chi connectivity index (χ1v) is 26.4. The van der Waals surface area contributed by atoms with Gasteiger partial charge in [-0.1, -0.05) is 186 Å². The number of Topliss-reactive ketones (excluding diaryl/α,β-unsaturated/α-hetero) is 1. The quantitative estimate of drug-likeness (QED) is 0.0196. The zero-order chi connectivity index (χ0) is 45.5. The molecule has 0 amide bonds. The third-order valence-electron chi connectivity index (χ3n) is 11.7. The predicted octanol–water partition coefficient (Wildman–Crippen LogP) is 11.3. The maximum Gasteiger partial charge on any atom is 0.472 e. The summed E-state index contributed by atoms with van der Waals surface area (Å²) in [5.41, 5.74) is 5.35. The van der Waals surface area contributed by atoms with Crippen LogP contribution in [0.25, 0.3) is 0 Å². The van der Waals surface area contributed by atoms with E-state index in [0.29, 0.717) is 32.1 Å². The molecule has 1 aliphatic carbocycles. The van der Waals surface area contributed by atoms with Gasteiger partial charge in [0.1, 0.15) is 12.4 Å². The number of aliphatic hydroxyl groups is 2. The number of hydrogen-bond acceptors (Lipinski definition) is 11. The van der Waals surface area contributed by atoms with Crippen LogP contribution in [0.5, 0.6) is 0 Å². The Hall–Kier alpha value is -1.92. The van der Waals surface area contributed by atoms with Crippen molar-refractivity contribution < 1.29 is 52.6 Å². The highest BCUT2D eigenvalue weighted by Gasteiger charge is 2.39. The van der Waals surface area contributed by atoms with E-state index in [9.17, 15) is 34.1 Å². The zero-order valence-corrected chi connectivity index (χ0v) is 40.0. The highest BCUT2D eigenvalue weighted by Crippen LogP contribution is 2.43. The molecule has 0 aromatic carbocycles. The predicted molar refractivity (Wildman–Crippen MR) is 248 cm³/mol. The second-order valence-corrected chi connectivity index (χ2v) is 18.9. The summed E-state index contributed by atoms with van der Waals surface area (Å²) in [5, 5.41) is 20.7. The van der Waals surface area contributed by atoms with Crippen LogP contribution in [0.15, 0.2) is 24.3 Å². The Labute approximate surface area is 376 Å². The maximum atomic E-state index is 12.7. The Kier molecular flexibility index (Phi) is 37.0. The standard InChI is InChI=1S/C49H90NO11P/c1-3-5-7-8-9-10-11-12-13-14-15-16-17-18-19-20-21-22-23-24-29-33-48(54)58-40-43(41-60-62(56,57)59-38-37-50)61-49(55)34-30-26-25-28-32-44-45(47(53)39-46(44)52)36-35-42(51)31-27-6-4-2/h25,28,35-36,42-46,51-52H,3-24,26-27,29-34,37-41,50H2,1-2H3,(H,56,57)/b28-25-,36-35+/t42-,43+,44+,45+,46-/m0/s1. The van der Waals surface area contributed by atoms with Crippen molar-refractivity contribution in [3.63, 3.8) is 0 Å². The molecule has 0 heterocycles. The lowest BCUT2D eigenvalue weighted by Crippen LogP contribution is -2.29. The van der Waals surface area contributed by atoms with Gasteiger partial charge in [-0.25, -0.2) is 4.57 Å². The van der Waals surface area contributed by atoms with Gasteiger partial charge in [-0.15, -0.1) is 0 Å². The van der Waals surface area contributed by atoms with Crippen LogP contribution in [-0.2, 0) is 37.5 Å². The summed E-state index contributed by atoms with van der Waals surface area (Å²) in [6, 6.07) is 0. The van der Waals surface area contributed by atoms with E-state index in [1.54, 1.807) is 12.2 Å². The number of carbonyl (C=O) groups is 3. The van der Waals surface area contributed by atoms with Crippen molar-refractivity contribution in [3.05, 3.63) is 24.3 Å². The Bertz CT molecular complexity index is 1230. The van der Waals surface area contributed by atoms with Gasteiger partial charge >= 0.3 is 19.8 Å². The first kappa shape index (κ1) is 58.1. The van der Waals surface area contributed by atoms with Gasteiger partial charge in [0, 0.05) is 37.6 Å². The molecule has 1 fully saturated rings. The molecule has 0 aromatic rings. The molecule has 0 saturated heterocycles. The molecule has 1 aliphatic rings. The fourth-order valence-corrected chi connectivity index (χ4v) is 8.68. The Morgan fingerprint density at radius 2 is 1.24 bits per heavy atom. The molecule has 0 aliphatic heterocycles. The number of carbonyl (C=O) groups excluding carboxylic acids is 3. The summed E-state index contributed by atoms with van der Waals surface area (Å²) in [4.78, 5) is 47.7. The molecule has 0 radical (unpaired) electrons. The summed E-state index contributed by atoms with van der Waals surface area (Å²) in [6.07, 6.45) is 37.2. The lowest BCUT2D eigenvalue weighted by molar-refractivity contribution is -0.161. The number of hydrogen-bond donors (Lipinski definition) is 4. The average molecular weight is 900 g/mol. The van der Waals surface area contributed by atoms with Crippen LogP contribution in [0.3, 0.4) is 0 Å². The van der Waals surface area contributed by atoms with Gasteiger partial charge < -0.3 is 30.3 Å². The van der Waals surface area contributed by atoms with Crippen molar-refractivity contribution in [2.45, 2.75) is 231 Å². The number of nitrogens with two attached hydrogens (primary N) is 1. The highest BCUT2D eigenvalue weighted by molar-refractivity contribution is 7.47. The topological polar surface area (TPSA) is 192 Å². The van der Waals surface area contributed by atoms with Gasteiger partial charge in [0.2, 0.25) is 0 Å². The largest absolute Gasteiger partial charge is 0.472 e. The van der Waals surface area contributed by atoms with E-state index in [1.807, 2.05) is 12.2 Å². The van der Waals surface area contributed by atoms with Crippen LogP contribution in [0.2, 0.25) is 0 Å². The molecule has 0 bridgehead atoms. The second-order valence-electron chi connectivity index (χ2n) is 17.5. The van der Waals surface area contributed by atoms with E-state index < -0.39 is 50.6 Å². The minimum Gasteiger partial charge on any atom is -0.462 e. The Morgan fingerprint density at radius 3 is 1.79 bits per heavy atom. The van der Waals surface area contributed by atoms with Crippen molar-refractivity contribution in [2.75, 3.05) is 26.4 Å². The summed E-state index contributed by atoms with van der Waals surface area (Å²) in [6.45, 7) is 3.35. The molecule has 62 heavy (non-hydrogen) atoms. The minimum absolute atomic E-state index is 0.0121. The van der Waals surface area contributed by atoms with Crippen molar-refractivity contribution >= 4 is 25.5 Å². The smallest absolute Gasteiger partial charge is 0.462 e. The third kappa shape index (κ3) is 32.7. The molecule has 1 unspecified atom stereocenters. The van der Waals surface area contributed by atoms with Crippen molar-refractivity contribution in [2.24, 2.45) is 17.6 Å². The lowest BCUT2D eigenvalue weighted by Gasteiger charge is -2.19. The van der Waals surface area contributed by atoms with Crippen molar-refractivity contribution in [1.82, 2.24) is 0 Å². The molecule has 0 spiro atoms. The van der Waals surface area contributed by atoms with Crippen molar-refractivity contribution in [1.29, 1.82) is 0 Å². The van der Waals surface area contributed by atoms with E-state index in [4.69, 9.17) is 24.3 Å². The van der Waals surface area contributed by atoms with Crippen LogP contribution in [0.1, 0.15) is 213 Å². The number of ketones is 1. The summed E-state index contributed by atoms with van der Waals surface area (Å²) in [7, 11) is -4.45. The van der Waals surface area contributed by atoms with Crippen LogP contribution in [-0.4, -0.2) is 77.5 Å². The summed E-state index contributed by atoms with van der Waals surface area (Å²) in [5.74, 6) is -1.77. The molecular weight excluding hydrogens is 810 g/mol. The lowest BCUT2D eigenvalue weighted by atomic mass is 9.90. The minimum atomic E-state index is -4.45. The zero-order valence-electron chi connectivity index (χ0n) is 39.1. The molecule has 12 nitrogen and oxygen atoms in total. The molecule has 5 N–H and O–H groups in total. The van der Waals surface area contributed by atoms with Gasteiger partial charge in [-0.05, 0) is 32.1 Å². The molecule has 1 saturated carbocycles. The SMILES string of the molecule is CCCCCCCCCCCCCCCCCCCCCCCC(=O)OC[C@H](COP(=O)(O)OCCN)OC(=O)CCC/C=C\C[C@H]1[C@@H](O)CC(=O)[C@@H]1/C=C/[C@@H](O)CCCCC. The number of phosphoric ester groups is 1. The van der Waals surface area contributed by atoms with E-state index in [-0.39, 0.29) is 50.7 Å². The molecule has 1 rings (SSSR count). The number of phosphoric acid groups is 1. The maximum absolute atomic E-state index is 12.7. The molecule has 13 heteroatoms. The first-order chi connectivity index (χ1) is 30.0. The monoisotopic (exact) mass is 900 g/mol. The number of allylic oxidation sites excluding steroid dienone is 3. The van der Waals surface area contributed by atoms with Gasteiger partial charge in [0.15, 0.2) is 6.10 Å². The van der Waals surface area contributed by atoms with E-state index in [1.165, 1.54) is 109 Å². The van der Waals surface area contributed by atoms with Gasteiger partial charge in [-0.3, -0.25) is 23.4 Å². The number of rotatable bonds is 43. The van der Waals surface area contributed by atoms with Gasteiger partial charge in [0.25, 0.3) is 0 Å². The Balaban J connectivity index is 2.29. The fraction of sp³-hybridized carbons (Fsp3) is 0.857.